The van der Waals surface area contributed by atoms with E-state index in [1.54, 1.807) is 0 Å². The third-order valence-corrected chi connectivity index (χ3v) is 4.28. The summed E-state index contributed by atoms with van der Waals surface area (Å²) in [5.41, 5.74) is 1.46. The normalized spacial score (nSPS) is 28.2. The van der Waals surface area contributed by atoms with Gasteiger partial charge in [-0.15, -0.1) is 0 Å². The molecule has 1 aromatic carbocycles. The summed E-state index contributed by atoms with van der Waals surface area (Å²) in [5.74, 6) is 0. The van der Waals surface area contributed by atoms with Gasteiger partial charge in [-0.1, -0.05) is 41.1 Å². The molecule has 1 fully saturated rings. The number of thiocarbonyl (C=S) groups is 1. The van der Waals surface area contributed by atoms with Gasteiger partial charge in [-0.25, -0.2) is 0 Å². The number of nitrogens with one attached hydrogen (secondary N) is 1. The van der Waals surface area contributed by atoms with Crippen LogP contribution in [-0.4, -0.2) is 21.8 Å². The van der Waals surface area contributed by atoms with E-state index in [4.69, 9.17) is 28.7 Å². The van der Waals surface area contributed by atoms with Crippen molar-refractivity contribution in [2.75, 3.05) is 0 Å². The minimum atomic E-state index is -0.464. The molecule has 0 bridgehead atoms. The molecule has 1 aromatic rings. The summed E-state index contributed by atoms with van der Waals surface area (Å²) in [7, 11) is 0. The van der Waals surface area contributed by atoms with E-state index in [0.29, 0.717) is 6.42 Å². The van der Waals surface area contributed by atoms with E-state index in [1.165, 1.54) is 0 Å². The molecule has 0 aromatic heterocycles. The molecule has 2 heterocycles. The Bertz CT molecular complexity index is 567. The molecule has 3 nitrogen and oxygen atoms in total. The first kappa shape index (κ1) is 12.9. The lowest BCUT2D eigenvalue weighted by Gasteiger charge is -2.20. The van der Waals surface area contributed by atoms with E-state index in [0.717, 1.165) is 27.7 Å². The maximum atomic E-state index is 5.90. The Kier molecular flexibility index (Phi) is 2.84. The highest BCUT2D eigenvalue weighted by molar-refractivity contribution is 7.80. The van der Waals surface area contributed by atoms with Crippen molar-refractivity contribution in [3.05, 3.63) is 34.9 Å². The first-order chi connectivity index (χ1) is 8.90. The maximum absolute atomic E-state index is 5.90. The standard InChI is InChI=1S/C14H15ClN2OS/c1-13(2)8-14(12(19)16-13)7-11(17-18-14)9-3-5-10(15)6-4-9/h3-6H,7-8H2,1-2H3,(H,16,19)/t14-/m0/s1. The molecule has 1 atom stereocenters. The topological polar surface area (TPSA) is 33.6 Å². The van der Waals surface area contributed by atoms with Crippen molar-refractivity contribution in [1.29, 1.82) is 0 Å². The number of oxime groups is 1. The fourth-order valence-electron chi connectivity index (χ4n) is 2.75. The fraction of sp³-hybridized carbons (Fsp3) is 0.429. The summed E-state index contributed by atoms with van der Waals surface area (Å²) in [6.45, 7) is 4.25. The lowest BCUT2D eigenvalue weighted by molar-refractivity contribution is 0.0325. The summed E-state index contributed by atoms with van der Waals surface area (Å²) < 4.78 is 0. The van der Waals surface area contributed by atoms with E-state index in [9.17, 15) is 0 Å². The smallest absolute Gasteiger partial charge is 0.194 e. The highest BCUT2D eigenvalue weighted by Gasteiger charge is 2.53. The summed E-state index contributed by atoms with van der Waals surface area (Å²) in [5, 5.41) is 8.27. The third kappa shape index (κ3) is 2.23. The predicted octanol–water partition coefficient (Wildman–Crippen LogP) is 3.30. The molecule has 0 amide bonds. The molecular formula is C14H15ClN2OS. The highest BCUT2D eigenvalue weighted by Crippen LogP contribution is 2.39. The van der Waals surface area contributed by atoms with Crippen LogP contribution in [0.4, 0.5) is 0 Å². The monoisotopic (exact) mass is 294 g/mol. The number of rotatable bonds is 1. The van der Waals surface area contributed by atoms with Crippen molar-refractivity contribution < 1.29 is 4.84 Å². The zero-order chi connectivity index (χ0) is 13.7. The summed E-state index contributed by atoms with van der Waals surface area (Å²) in [6.07, 6.45) is 1.54. The number of benzene rings is 1. The van der Waals surface area contributed by atoms with Crippen LogP contribution in [0.5, 0.6) is 0 Å². The Morgan fingerprint density at radius 1 is 1.32 bits per heavy atom. The molecule has 0 radical (unpaired) electrons. The van der Waals surface area contributed by atoms with E-state index in [2.05, 4.69) is 24.3 Å². The van der Waals surface area contributed by atoms with Gasteiger partial charge >= 0.3 is 0 Å². The Hall–Kier alpha value is -1.13. The third-order valence-electron chi connectivity index (χ3n) is 3.55. The molecule has 0 saturated carbocycles. The van der Waals surface area contributed by atoms with Gasteiger partial charge in [0.25, 0.3) is 0 Å². The molecule has 1 spiro atoms. The van der Waals surface area contributed by atoms with Gasteiger partial charge in [0, 0.05) is 23.4 Å². The van der Waals surface area contributed by atoms with Crippen LogP contribution in [0.25, 0.3) is 0 Å². The van der Waals surface area contributed by atoms with Crippen molar-refractivity contribution in [3.8, 4) is 0 Å². The van der Waals surface area contributed by atoms with Gasteiger partial charge in [-0.05, 0) is 31.5 Å². The molecule has 0 aliphatic carbocycles. The van der Waals surface area contributed by atoms with Gasteiger partial charge in [-0.2, -0.15) is 0 Å². The Morgan fingerprint density at radius 2 is 2.00 bits per heavy atom. The van der Waals surface area contributed by atoms with Crippen LogP contribution in [0.1, 0.15) is 32.3 Å². The van der Waals surface area contributed by atoms with E-state index < -0.39 is 5.60 Å². The molecule has 5 heteroatoms. The Balaban J connectivity index is 1.83. The summed E-state index contributed by atoms with van der Waals surface area (Å²) in [6, 6.07) is 7.64. The molecule has 0 unspecified atom stereocenters. The van der Waals surface area contributed by atoms with Crippen molar-refractivity contribution in [1.82, 2.24) is 5.32 Å². The van der Waals surface area contributed by atoms with E-state index >= 15 is 0 Å². The Morgan fingerprint density at radius 3 is 2.58 bits per heavy atom. The molecule has 19 heavy (non-hydrogen) atoms. The minimum Gasteiger partial charge on any atom is -0.381 e. The molecule has 2 aliphatic rings. The first-order valence-electron chi connectivity index (χ1n) is 6.24. The van der Waals surface area contributed by atoms with Crippen molar-refractivity contribution in [2.45, 2.75) is 37.8 Å². The molecule has 1 N–H and O–H groups in total. The van der Waals surface area contributed by atoms with Gasteiger partial charge < -0.3 is 10.2 Å². The van der Waals surface area contributed by atoms with Crippen LogP contribution in [0, 0.1) is 0 Å². The van der Waals surface area contributed by atoms with Crippen LogP contribution >= 0.6 is 23.8 Å². The van der Waals surface area contributed by atoms with Crippen molar-refractivity contribution in [2.24, 2.45) is 5.16 Å². The van der Waals surface area contributed by atoms with Gasteiger partial charge in [0.15, 0.2) is 5.60 Å². The second-order valence-corrected chi connectivity index (χ2v) is 6.67. The average Bonchev–Trinajstić information content (AvgIpc) is 2.83. The highest BCUT2D eigenvalue weighted by atomic mass is 35.5. The summed E-state index contributed by atoms with van der Waals surface area (Å²) in [4.78, 5) is 6.45. The van der Waals surface area contributed by atoms with Crippen molar-refractivity contribution >= 4 is 34.5 Å². The van der Waals surface area contributed by atoms with Crippen molar-refractivity contribution in [3.63, 3.8) is 0 Å². The lowest BCUT2D eigenvalue weighted by atomic mass is 9.88. The quantitative estimate of drug-likeness (QED) is 0.807. The second-order valence-electron chi connectivity index (χ2n) is 5.82. The number of hydrogen-bond acceptors (Lipinski definition) is 3. The SMILES string of the molecule is CC1(C)C[C@@]2(CC(c3ccc(Cl)cc3)=NO2)C(=S)N1. The second kappa shape index (κ2) is 4.18. The minimum absolute atomic E-state index is 0.0396. The maximum Gasteiger partial charge on any atom is 0.194 e. The van der Waals surface area contributed by atoms with E-state index in [1.807, 2.05) is 24.3 Å². The van der Waals surface area contributed by atoms with Crippen LogP contribution in [0.2, 0.25) is 5.02 Å². The predicted molar refractivity (Wildman–Crippen MR) is 80.9 cm³/mol. The van der Waals surface area contributed by atoms with Gasteiger partial charge in [0.1, 0.15) is 4.99 Å². The zero-order valence-corrected chi connectivity index (χ0v) is 12.4. The number of halogens is 1. The van der Waals surface area contributed by atoms with Gasteiger partial charge in [-0.3, -0.25) is 0 Å². The molecule has 3 rings (SSSR count). The Labute approximate surface area is 123 Å². The van der Waals surface area contributed by atoms with Crippen LogP contribution < -0.4 is 5.32 Å². The number of nitrogens with zero attached hydrogens (tertiary/aromatic N) is 1. The van der Waals surface area contributed by atoms with Crippen LogP contribution in [0.15, 0.2) is 29.4 Å². The average molecular weight is 295 g/mol. The molecule has 100 valence electrons. The zero-order valence-electron chi connectivity index (χ0n) is 10.9. The largest absolute Gasteiger partial charge is 0.381 e. The molecule has 2 aliphatic heterocycles. The van der Waals surface area contributed by atoms with Crippen LogP contribution in [-0.2, 0) is 4.84 Å². The van der Waals surface area contributed by atoms with Gasteiger partial charge in [0.2, 0.25) is 0 Å². The van der Waals surface area contributed by atoms with Gasteiger partial charge in [0.05, 0.1) is 5.71 Å². The van der Waals surface area contributed by atoms with Crippen LogP contribution in [0.3, 0.4) is 0 Å². The summed E-state index contributed by atoms with van der Waals surface area (Å²) >= 11 is 11.3. The number of hydrogen-bond donors (Lipinski definition) is 1. The van der Waals surface area contributed by atoms with E-state index in [-0.39, 0.29) is 5.54 Å². The molecular weight excluding hydrogens is 280 g/mol. The lowest BCUT2D eigenvalue weighted by Crippen LogP contribution is -2.37. The fourth-order valence-corrected chi connectivity index (χ4v) is 3.33. The molecule has 1 saturated heterocycles. The first-order valence-corrected chi connectivity index (χ1v) is 7.03.